The molecule has 2 rings (SSSR count). The fraction of sp³-hybridized carbons (Fsp3) is 0.118. The average Bonchev–Trinajstić information content (AvgIpc) is 2.51. The number of urea groups is 1. The number of halogens is 1. The van der Waals surface area contributed by atoms with Crippen LogP contribution < -0.4 is 10.6 Å². The molecule has 0 aliphatic rings. The maximum atomic E-state index is 11.9. The van der Waals surface area contributed by atoms with E-state index in [-0.39, 0.29) is 17.0 Å². The summed E-state index contributed by atoms with van der Waals surface area (Å²) in [5.74, 6) is -0.216. The van der Waals surface area contributed by atoms with Gasteiger partial charge < -0.3 is 20.8 Å². The lowest BCUT2D eigenvalue weighted by Crippen LogP contribution is -2.23. The van der Waals surface area contributed by atoms with Crippen LogP contribution in [0.4, 0.5) is 10.5 Å². The van der Waals surface area contributed by atoms with Crippen LogP contribution >= 0.6 is 11.6 Å². The Bertz CT molecular complexity index is 715. The molecule has 2 aromatic rings. The van der Waals surface area contributed by atoms with Crippen molar-refractivity contribution in [1.29, 1.82) is 0 Å². The third-order valence-electron chi connectivity index (χ3n) is 3.09. The summed E-state index contributed by atoms with van der Waals surface area (Å²) in [4.78, 5) is 11.9. The van der Waals surface area contributed by atoms with E-state index in [0.29, 0.717) is 5.02 Å². The van der Waals surface area contributed by atoms with Gasteiger partial charge in [0.25, 0.3) is 0 Å². The quantitative estimate of drug-likeness (QED) is 0.641. The number of hydrogen-bond donors (Lipinski definition) is 4. The first-order valence-corrected chi connectivity index (χ1v) is 7.34. The second kappa shape index (κ2) is 7.67. The molecule has 0 saturated carbocycles. The summed E-state index contributed by atoms with van der Waals surface area (Å²) < 4.78 is 0. The predicted octanol–water partition coefficient (Wildman–Crippen LogP) is 3.89. The van der Waals surface area contributed by atoms with Crippen molar-refractivity contribution in [3.8, 4) is 5.75 Å². The molecule has 0 radical (unpaired) electrons. The minimum absolute atomic E-state index is 0.124. The molecule has 1 unspecified atom stereocenters. The molecule has 4 N–H and O–H groups in total. The zero-order valence-corrected chi connectivity index (χ0v) is 13.2. The van der Waals surface area contributed by atoms with Gasteiger partial charge >= 0.3 is 6.03 Å². The van der Waals surface area contributed by atoms with Gasteiger partial charge in [0.15, 0.2) is 0 Å². The maximum absolute atomic E-state index is 11.9. The third kappa shape index (κ3) is 4.74. The first-order valence-electron chi connectivity index (χ1n) is 6.97. The van der Waals surface area contributed by atoms with Crippen LogP contribution in [0.15, 0.2) is 48.7 Å². The molecule has 2 aromatic carbocycles. The Hall–Kier alpha value is -2.50. The predicted molar refractivity (Wildman–Crippen MR) is 91.4 cm³/mol. The van der Waals surface area contributed by atoms with Gasteiger partial charge in [-0.2, -0.15) is 0 Å². The van der Waals surface area contributed by atoms with Crippen molar-refractivity contribution in [2.75, 3.05) is 5.32 Å². The highest BCUT2D eigenvalue weighted by atomic mass is 35.5. The SMILES string of the molecule is CC(O)c1cc(Cl)cc(NC(=O)NC=Cc2ccccc2)c1O. The topological polar surface area (TPSA) is 81.6 Å². The van der Waals surface area contributed by atoms with E-state index in [1.807, 2.05) is 30.3 Å². The summed E-state index contributed by atoms with van der Waals surface area (Å²) >= 11 is 5.93. The Kier molecular flexibility index (Phi) is 5.62. The van der Waals surface area contributed by atoms with Crippen LogP contribution in [0.25, 0.3) is 6.08 Å². The molecule has 0 fully saturated rings. The Morgan fingerprint density at radius 1 is 1.26 bits per heavy atom. The smallest absolute Gasteiger partial charge is 0.323 e. The lowest BCUT2D eigenvalue weighted by molar-refractivity contribution is 0.195. The van der Waals surface area contributed by atoms with E-state index in [1.54, 1.807) is 6.08 Å². The molecule has 0 aliphatic carbocycles. The molecule has 0 heterocycles. The Morgan fingerprint density at radius 3 is 2.61 bits per heavy atom. The van der Waals surface area contributed by atoms with Gasteiger partial charge in [-0.3, -0.25) is 0 Å². The summed E-state index contributed by atoms with van der Waals surface area (Å²) in [5, 5.41) is 25.0. The van der Waals surface area contributed by atoms with Gasteiger partial charge in [0, 0.05) is 16.8 Å². The van der Waals surface area contributed by atoms with E-state index < -0.39 is 12.1 Å². The largest absolute Gasteiger partial charge is 0.505 e. The van der Waals surface area contributed by atoms with Gasteiger partial charge in [-0.05, 0) is 30.7 Å². The van der Waals surface area contributed by atoms with E-state index in [0.717, 1.165) is 5.56 Å². The zero-order chi connectivity index (χ0) is 16.8. The molecule has 0 saturated heterocycles. The lowest BCUT2D eigenvalue weighted by Gasteiger charge is -2.13. The number of amides is 2. The van der Waals surface area contributed by atoms with Gasteiger partial charge in [0.1, 0.15) is 5.75 Å². The van der Waals surface area contributed by atoms with E-state index in [2.05, 4.69) is 10.6 Å². The van der Waals surface area contributed by atoms with Crippen LogP contribution in [-0.2, 0) is 0 Å². The van der Waals surface area contributed by atoms with E-state index in [9.17, 15) is 15.0 Å². The van der Waals surface area contributed by atoms with Gasteiger partial charge in [-0.15, -0.1) is 0 Å². The Labute approximate surface area is 139 Å². The molecule has 120 valence electrons. The molecule has 0 spiro atoms. The Balaban J connectivity index is 2.04. The second-order valence-corrected chi connectivity index (χ2v) is 5.35. The first kappa shape index (κ1) is 16.9. The molecular formula is C17H17ClN2O3. The van der Waals surface area contributed by atoms with Crippen molar-refractivity contribution in [3.63, 3.8) is 0 Å². The van der Waals surface area contributed by atoms with Gasteiger partial charge in [0.2, 0.25) is 0 Å². The van der Waals surface area contributed by atoms with Gasteiger partial charge in [0.05, 0.1) is 11.8 Å². The summed E-state index contributed by atoms with van der Waals surface area (Å²) in [5.41, 5.74) is 1.31. The molecule has 23 heavy (non-hydrogen) atoms. The molecule has 0 aliphatic heterocycles. The highest BCUT2D eigenvalue weighted by Crippen LogP contribution is 2.35. The number of aromatic hydroxyl groups is 1. The molecule has 0 bridgehead atoms. The summed E-state index contributed by atoms with van der Waals surface area (Å²) in [6.45, 7) is 1.50. The number of nitrogens with one attached hydrogen (secondary N) is 2. The van der Waals surface area contributed by atoms with Crippen LogP contribution in [0.5, 0.6) is 5.75 Å². The fourth-order valence-electron chi connectivity index (χ4n) is 1.97. The summed E-state index contributed by atoms with van der Waals surface area (Å²) in [6, 6.07) is 11.8. The average molecular weight is 333 g/mol. The number of carbonyl (C=O) groups is 1. The molecule has 1 atom stereocenters. The highest BCUT2D eigenvalue weighted by Gasteiger charge is 2.14. The summed E-state index contributed by atoms with van der Waals surface area (Å²) in [6.07, 6.45) is 2.32. The van der Waals surface area contributed by atoms with Crippen LogP contribution in [0.3, 0.4) is 0 Å². The zero-order valence-electron chi connectivity index (χ0n) is 12.5. The number of phenolic OH excluding ortho intramolecular Hbond substituents is 1. The summed E-state index contributed by atoms with van der Waals surface area (Å²) in [7, 11) is 0. The lowest BCUT2D eigenvalue weighted by atomic mass is 10.1. The minimum Gasteiger partial charge on any atom is -0.505 e. The molecule has 5 nitrogen and oxygen atoms in total. The van der Waals surface area contributed by atoms with Crippen LogP contribution in [0, 0.1) is 0 Å². The number of carbonyl (C=O) groups excluding carboxylic acids is 1. The monoisotopic (exact) mass is 332 g/mol. The molecule has 0 aromatic heterocycles. The van der Waals surface area contributed by atoms with Crippen LogP contribution in [-0.4, -0.2) is 16.2 Å². The standard InChI is InChI=1S/C17H17ClN2O3/c1-11(21)14-9-13(18)10-15(16(14)22)20-17(23)19-8-7-12-5-3-2-4-6-12/h2-11,21-22H,1H3,(H2,19,20,23). The number of phenols is 1. The van der Waals surface area contributed by atoms with Crippen molar-refractivity contribution in [2.24, 2.45) is 0 Å². The number of aliphatic hydroxyl groups is 1. The third-order valence-corrected chi connectivity index (χ3v) is 3.31. The molecular weight excluding hydrogens is 316 g/mol. The van der Waals surface area contributed by atoms with E-state index >= 15 is 0 Å². The van der Waals surface area contributed by atoms with Crippen molar-refractivity contribution < 1.29 is 15.0 Å². The van der Waals surface area contributed by atoms with Crippen LogP contribution in [0.2, 0.25) is 5.02 Å². The van der Waals surface area contributed by atoms with Crippen molar-refractivity contribution in [3.05, 3.63) is 64.8 Å². The fourth-order valence-corrected chi connectivity index (χ4v) is 2.20. The van der Waals surface area contributed by atoms with Crippen molar-refractivity contribution in [2.45, 2.75) is 13.0 Å². The van der Waals surface area contributed by atoms with E-state index in [4.69, 9.17) is 11.6 Å². The first-order chi connectivity index (χ1) is 11.0. The van der Waals surface area contributed by atoms with Crippen molar-refractivity contribution >= 4 is 29.4 Å². The molecule has 6 heteroatoms. The van der Waals surface area contributed by atoms with Gasteiger partial charge in [-0.25, -0.2) is 4.79 Å². The number of aliphatic hydroxyl groups excluding tert-OH is 1. The number of benzene rings is 2. The maximum Gasteiger partial charge on any atom is 0.323 e. The van der Waals surface area contributed by atoms with Gasteiger partial charge in [-0.1, -0.05) is 41.9 Å². The number of anilines is 1. The van der Waals surface area contributed by atoms with Crippen LogP contribution in [0.1, 0.15) is 24.2 Å². The van der Waals surface area contributed by atoms with Crippen molar-refractivity contribution in [1.82, 2.24) is 5.32 Å². The highest BCUT2D eigenvalue weighted by molar-refractivity contribution is 6.31. The van der Waals surface area contributed by atoms with E-state index in [1.165, 1.54) is 25.3 Å². The Morgan fingerprint density at radius 2 is 1.96 bits per heavy atom. The number of rotatable bonds is 4. The molecule has 2 amide bonds. The second-order valence-electron chi connectivity index (χ2n) is 4.91. The normalized spacial score (nSPS) is 12.1. The number of hydrogen-bond acceptors (Lipinski definition) is 3. The minimum atomic E-state index is -0.907.